The molecule has 1 fully saturated rings. The third-order valence-electron chi connectivity index (χ3n) is 2.50. The fraction of sp³-hybridized carbons (Fsp3) is 1.00. The number of likely N-dealkylation sites (tertiary alicyclic amines) is 1. The van der Waals surface area contributed by atoms with Gasteiger partial charge >= 0.3 is 0 Å². The first-order valence-electron chi connectivity index (χ1n) is 4.36. The van der Waals surface area contributed by atoms with Gasteiger partial charge in [-0.3, -0.25) is 4.90 Å². The summed E-state index contributed by atoms with van der Waals surface area (Å²) in [6.07, 6.45) is 0.907. The smallest absolute Gasteiger partial charge is 0.104 e. The van der Waals surface area contributed by atoms with E-state index >= 15 is 0 Å². The van der Waals surface area contributed by atoms with Crippen LogP contribution in [0.1, 0.15) is 34.1 Å². The highest BCUT2D eigenvalue weighted by atomic mass is 16.3. The molecule has 1 saturated heterocycles. The van der Waals surface area contributed by atoms with Crippen LogP contribution in [-0.2, 0) is 0 Å². The van der Waals surface area contributed by atoms with Gasteiger partial charge in [-0.05, 0) is 25.7 Å². The van der Waals surface area contributed by atoms with Crippen LogP contribution in [0.4, 0.5) is 0 Å². The SMILES string of the molecule is CC(O)N1CC(C)(C)CC1C. The second kappa shape index (κ2) is 2.76. The summed E-state index contributed by atoms with van der Waals surface area (Å²) in [6.45, 7) is 9.56. The molecule has 1 N–H and O–H groups in total. The van der Waals surface area contributed by atoms with Gasteiger partial charge in [0.1, 0.15) is 6.23 Å². The van der Waals surface area contributed by atoms with Gasteiger partial charge in [-0.15, -0.1) is 0 Å². The molecule has 0 radical (unpaired) electrons. The molecule has 0 aromatic rings. The Balaban J connectivity index is 2.59. The van der Waals surface area contributed by atoms with Crippen molar-refractivity contribution >= 4 is 0 Å². The second-order valence-corrected chi connectivity index (χ2v) is 4.52. The molecule has 0 bridgehead atoms. The standard InChI is InChI=1S/C9H19NO/c1-7-5-9(3,4)6-10(7)8(2)11/h7-8,11H,5-6H2,1-4H3. The zero-order valence-corrected chi connectivity index (χ0v) is 7.96. The van der Waals surface area contributed by atoms with E-state index in [2.05, 4.69) is 25.7 Å². The van der Waals surface area contributed by atoms with Crippen LogP contribution in [0, 0.1) is 5.41 Å². The van der Waals surface area contributed by atoms with Crippen molar-refractivity contribution in [3.63, 3.8) is 0 Å². The van der Waals surface area contributed by atoms with Crippen molar-refractivity contribution in [3.8, 4) is 0 Å². The van der Waals surface area contributed by atoms with Crippen molar-refractivity contribution in [1.82, 2.24) is 4.90 Å². The number of aliphatic hydroxyl groups excluding tert-OH is 1. The molecule has 0 aromatic carbocycles. The van der Waals surface area contributed by atoms with E-state index in [1.807, 2.05) is 6.92 Å². The lowest BCUT2D eigenvalue weighted by atomic mass is 9.91. The Labute approximate surface area is 69.2 Å². The van der Waals surface area contributed by atoms with Crippen LogP contribution in [0.15, 0.2) is 0 Å². The summed E-state index contributed by atoms with van der Waals surface area (Å²) in [5.74, 6) is 0. The summed E-state index contributed by atoms with van der Waals surface area (Å²) in [4.78, 5) is 2.15. The minimum absolute atomic E-state index is 0.285. The minimum atomic E-state index is -0.285. The lowest BCUT2D eigenvalue weighted by molar-refractivity contribution is 0.00987. The molecule has 2 heteroatoms. The number of nitrogens with zero attached hydrogens (tertiary/aromatic N) is 1. The molecule has 0 aromatic heterocycles. The van der Waals surface area contributed by atoms with Gasteiger partial charge in [0.2, 0.25) is 0 Å². The predicted molar refractivity (Wildman–Crippen MR) is 46.2 cm³/mol. The van der Waals surface area contributed by atoms with Gasteiger partial charge in [-0.2, -0.15) is 0 Å². The first-order valence-corrected chi connectivity index (χ1v) is 4.36. The zero-order valence-electron chi connectivity index (χ0n) is 7.96. The van der Waals surface area contributed by atoms with E-state index in [-0.39, 0.29) is 6.23 Å². The molecule has 11 heavy (non-hydrogen) atoms. The number of hydrogen-bond donors (Lipinski definition) is 1. The lowest BCUT2D eigenvalue weighted by Crippen LogP contribution is -2.36. The third-order valence-corrected chi connectivity index (χ3v) is 2.50. The topological polar surface area (TPSA) is 23.5 Å². The molecular weight excluding hydrogens is 138 g/mol. The van der Waals surface area contributed by atoms with Crippen molar-refractivity contribution in [2.24, 2.45) is 5.41 Å². The number of rotatable bonds is 1. The molecule has 1 aliphatic rings. The molecule has 0 amide bonds. The maximum Gasteiger partial charge on any atom is 0.104 e. The maximum atomic E-state index is 9.38. The van der Waals surface area contributed by atoms with Crippen LogP contribution in [0.3, 0.4) is 0 Å². The van der Waals surface area contributed by atoms with E-state index < -0.39 is 0 Å². The molecule has 66 valence electrons. The Morgan fingerprint density at radius 3 is 2.27 bits per heavy atom. The van der Waals surface area contributed by atoms with Gasteiger partial charge < -0.3 is 5.11 Å². The molecule has 1 rings (SSSR count). The first-order chi connectivity index (χ1) is 4.92. The molecule has 2 unspecified atom stereocenters. The van der Waals surface area contributed by atoms with Gasteiger partial charge in [0, 0.05) is 12.6 Å². The van der Waals surface area contributed by atoms with E-state index in [1.54, 1.807) is 0 Å². The van der Waals surface area contributed by atoms with Crippen LogP contribution >= 0.6 is 0 Å². The zero-order chi connectivity index (χ0) is 8.65. The monoisotopic (exact) mass is 157 g/mol. The van der Waals surface area contributed by atoms with Crippen molar-refractivity contribution in [1.29, 1.82) is 0 Å². The van der Waals surface area contributed by atoms with Crippen molar-refractivity contribution in [3.05, 3.63) is 0 Å². The predicted octanol–water partition coefficient (Wildman–Crippen LogP) is 1.45. The van der Waals surface area contributed by atoms with E-state index in [0.717, 1.165) is 6.54 Å². The molecule has 0 saturated carbocycles. The Hall–Kier alpha value is -0.0800. The molecule has 1 heterocycles. The average Bonchev–Trinajstić information content (AvgIpc) is 2.05. The Morgan fingerprint density at radius 2 is 2.09 bits per heavy atom. The quantitative estimate of drug-likeness (QED) is 0.622. The van der Waals surface area contributed by atoms with Crippen molar-refractivity contribution < 1.29 is 5.11 Å². The van der Waals surface area contributed by atoms with E-state index in [0.29, 0.717) is 11.5 Å². The van der Waals surface area contributed by atoms with Crippen molar-refractivity contribution in [2.75, 3.05) is 6.54 Å². The van der Waals surface area contributed by atoms with Gasteiger partial charge in [0.25, 0.3) is 0 Å². The molecule has 0 aliphatic carbocycles. The summed E-state index contributed by atoms with van der Waals surface area (Å²) >= 11 is 0. The Bertz CT molecular complexity index is 142. The largest absolute Gasteiger partial charge is 0.379 e. The second-order valence-electron chi connectivity index (χ2n) is 4.52. The van der Waals surface area contributed by atoms with Crippen LogP contribution in [0.25, 0.3) is 0 Å². The van der Waals surface area contributed by atoms with Gasteiger partial charge in [-0.25, -0.2) is 0 Å². The third kappa shape index (κ3) is 1.94. The van der Waals surface area contributed by atoms with E-state index in [1.165, 1.54) is 6.42 Å². The normalized spacial score (nSPS) is 34.1. The van der Waals surface area contributed by atoms with Crippen molar-refractivity contribution in [2.45, 2.75) is 46.4 Å². The van der Waals surface area contributed by atoms with Crippen LogP contribution < -0.4 is 0 Å². The molecule has 2 atom stereocenters. The summed E-state index contributed by atoms with van der Waals surface area (Å²) in [6, 6.07) is 0.532. The first kappa shape index (κ1) is 9.01. The molecular formula is C9H19NO. The van der Waals surface area contributed by atoms with Gasteiger partial charge in [0.05, 0.1) is 0 Å². The minimum Gasteiger partial charge on any atom is -0.379 e. The van der Waals surface area contributed by atoms with Crippen LogP contribution in [0.2, 0.25) is 0 Å². The highest BCUT2D eigenvalue weighted by molar-refractivity contribution is 4.88. The highest BCUT2D eigenvalue weighted by Gasteiger charge is 2.36. The molecule has 1 aliphatic heterocycles. The fourth-order valence-corrected chi connectivity index (χ4v) is 2.13. The number of aliphatic hydroxyl groups is 1. The lowest BCUT2D eigenvalue weighted by Gasteiger charge is -2.24. The summed E-state index contributed by atoms with van der Waals surface area (Å²) in [7, 11) is 0. The highest BCUT2D eigenvalue weighted by Crippen LogP contribution is 2.34. The van der Waals surface area contributed by atoms with Gasteiger partial charge in [-0.1, -0.05) is 13.8 Å². The Kier molecular flexibility index (Phi) is 2.26. The summed E-state index contributed by atoms with van der Waals surface area (Å²) in [5, 5.41) is 9.38. The van der Waals surface area contributed by atoms with Gasteiger partial charge in [0.15, 0.2) is 0 Å². The van der Waals surface area contributed by atoms with E-state index in [9.17, 15) is 5.11 Å². The summed E-state index contributed by atoms with van der Waals surface area (Å²) < 4.78 is 0. The Morgan fingerprint density at radius 1 is 1.55 bits per heavy atom. The van der Waals surface area contributed by atoms with E-state index in [4.69, 9.17) is 0 Å². The fourth-order valence-electron chi connectivity index (χ4n) is 2.13. The number of hydrogen-bond acceptors (Lipinski definition) is 2. The summed E-state index contributed by atoms with van der Waals surface area (Å²) in [5.41, 5.74) is 0.385. The van der Waals surface area contributed by atoms with Crippen LogP contribution in [0.5, 0.6) is 0 Å². The molecule has 2 nitrogen and oxygen atoms in total. The molecule has 0 spiro atoms. The maximum absolute atomic E-state index is 9.38. The van der Waals surface area contributed by atoms with Crippen LogP contribution in [-0.4, -0.2) is 28.8 Å². The average molecular weight is 157 g/mol.